The zero-order valence-electron chi connectivity index (χ0n) is 7.23. The lowest BCUT2D eigenvalue weighted by atomic mass is 10.4. The number of esters is 1. The third kappa shape index (κ3) is 2.60. The third-order valence-corrected chi connectivity index (χ3v) is 1.49. The van der Waals surface area contributed by atoms with Crippen molar-refractivity contribution < 1.29 is 9.53 Å². The van der Waals surface area contributed by atoms with Crippen LogP contribution in [0.2, 0.25) is 0 Å². The van der Waals surface area contributed by atoms with Crippen LogP contribution in [0, 0.1) is 11.3 Å². The van der Waals surface area contributed by atoms with E-state index in [1.54, 1.807) is 10.8 Å². The Morgan fingerprint density at radius 3 is 3.23 bits per heavy atom. The maximum Gasteiger partial charge on any atom is 0.325 e. The van der Waals surface area contributed by atoms with Gasteiger partial charge in [0, 0.05) is 6.20 Å². The second-order valence-electron chi connectivity index (χ2n) is 2.45. The molecule has 0 atom stereocenters. The summed E-state index contributed by atoms with van der Waals surface area (Å²) >= 11 is 0. The molecule has 1 heterocycles. The standard InChI is InChI=1S/C8H9N3O2/c1-13-8(12)5-11-4-7(2-3-9)10-6-11/h4,6H,2,5H2,1H3. The van der Waals surface area contributed by atoms with Gasteiger partial charge in [-0.2, -0.15) is 5.26 Å². The summed E-state index contributed by atoms with van der Waals surface area (Å²) < 4.78 is 6.05. The second kappa shape index (κ2) is 4.26. The Hall–Kier alpha value is -1.83. The van der Waals surface area contributed by atoms with Crippen molar-refractivity contribution in [3.8, 4) is 6.07 Å². The average Bonchev–Trinajstić information content (AvgIpc) is 2.53. The van der Waals surface area contributed by atoms with E-state index < -0.39 is 0 Å². The molecule has 0 aliphatic rings. The topological polar surface area (TPSA) is 67.9 Å². The fourth-order valence-corrected chi connectivity index (χ4v) is 0.879. The fourth-order valence-electron chi connectivity index (χ4n) is 0.879. The highest BCUT2D eigenvalue weighted by atomic mass is 16.5. The van der Waals surface area contributed by atoms with Crippen molar-refractivity contribution in [3.05, 3.63) is 18.2 Å². The third-order valence-electron chi connectivity index (χ3n) is 1.49. The number of ether oxygens (including phenoxy) is 1. The summed E-state index contributed by atoms with van der Waals surface area (Å²) in [7, 11) is 1.33. The summed E-state index contributed by atoms with van der Waals surface area (Å²) in [5.74, 6) is -0.332. The number of aromatic nitrogens is 2. The van der Waals surface area contributed by atoms with Gasteiger partial charge in [0.05, 0.1) is 31.6 Å². The molecule has 0 amide bonds. The Balaban J connectivity index is 2.59. The summed E-state index contributed by atoms with van der Waals surface area (Å²) in [4.78, 5) is 14.7. The second-order valence-corrected chi connectivity index (χ2v) is 2.45. The SMILES string of the molecule is COC(=O)Cn1cnc(CC#N)c1. The van der Waals surface area contributed by atoms with Crippen LogP contribution in [0.25, 0.3) is 0 Å². The van der Waals surface area contributed by atoms with E-state index in [0.717, 1.165) is 0 Å². The molecular weight excluding hydrogens is 170 g/mol. The first kappa shape index (κ1) is 9.26. The number of methoxy groups -OCH3 is 1. The minimum Gasteiger partial charge on any atom is -0.468 e. The largest absolute Gasteiger partial charge is 0.468 e. The molecule has 0 bridgehead atoms. The molecule has 0 saturated heterocycles. The lowest BCUT2D eigenvalue weighted by Crippen LogP contribution is -2.09. The van der Waals surface area contributed by atoms with E-state index in [9.17, 15) is 4.79 Å². The Kier molecular flexibility index (Phi) is 3.03. The predicted molar refractivity (Wildman–Crippen MR) is 43.6 cm³/mol. The van der Waals surface area contributed by atoms with Crippen LogP contribution >= 0.6 is 0 Å². The smallest absolute Gasteiger partial charge is 0.325 e. The molecule has 13 heavy (non-hydrogen) atoms. The van der Waals surface area contributed by atoms with E-state index in [1.807, 2.05) is 6.07 Å². The van der Waals surface area contributed by atoms with Gasteiger partial charge in [-0.05, 0) is 0 Å². The Morgan fingerprint density at radius 2 is 2.62 bits per heavy atom. The number of imidazole rings is 1. The van der Waals surface area contributed by atoms with Crippen LogP contribution in [0.3, 0.4) is 0 Å². The molecule has 0 saturated carbocycles. The van der Waals surface area contributed by atoms with Gasteiger partial charge in [-0.15, -0.1) is 0 Å². The van der Waals surface area contributed by atoms with Crippen molar-refractivity contribution in [2.75, 3.05) is 7.11 Å². The highest BCUT2D eigenvalue weighted by molar-refractivity contribution is 5.68. The highest BCUT2D eigenvalue weighted by Crippen LogP contribution is 1.96. The molecule has 1 aromatic heterocycles. The minimum absolute atomic E-state index is 0.134. The summed E-state index contributed by atoms with van der Waals surface area (Å²) in [6.07, 6.45) is 3.41. The lowest BCUT2D eigenvalue weighted by Gasteiger charge is -1.97. The molecule has 1 aromatic rings. The molecular formula is C8H9N3O2. The van der Waals surface area contributed by atoms with Crippen LogP contribution in [-0.4, -0.2) is 22.6 Å². The van der Waals surface area contributed by atoms with Crippen LogP contribution in [0.15, 0.2) is 12.5 Å². The summed E-state index contributed by atoms with van der Waals surface area (Å²) in [5.41, 5.74) is 0.659. The molecule has 0 fully saturated rings. The molecule has 0 aromatic carbocycles. The molecule has 0 aliphatic heterocycles. The molecule has 0 N–H and O–H groups in total. The first-order valence-electron chi connectivity index (χ1n) is 3.70. The number of hydrogen-bond acceptors (Lipinski definition) is 4. The minimum atomic E-state index is -0.332. The van der Waals surface area contributed by atoms with Gasteiger partial charge in [-0.25, -0.2) is 4.98 Å². The molecule has 0 radical (unpaired) electrons. The van der Waals surface area contributed by atoms with Crippen LogP contribution in [0.1, 0.15) is 5.69 Å². The van der Waals surface area contributed by atoms with Crippen LogP contribution in [0.5, 0.6) is 0 Å². The highest BCUT2D eigenvalue weighted by Gasteiger charge is 2.02. The maximum absolute atomic E-state index is 10.8. The molecule has 5 nitrogen and oxygen atoms in total. The van der Waals surface area contributed by atoms with E-state index in [4.69, 9.17) is 5.26 Å². The Morgan fingerprint density at radius 1 is 1.85 bits per heavy atom. The van der Waals surface area contributed by atoms with Gasteiger partial charge in [0.25, 0.3) is 0 Å². The van der Waals surface area contributed by atoms with Crippen molar-refractivity contribution in [1.82, 2.24) is 9.55 Å². The molecule has 0 unspecified atom stereocenters. The summed E-state index contributed by atoms with van der Waals surface area (Å²) in [6.45, 7) is 0.134. The number of nitriles is 1. The molecule has 0 spiro atoms. The fraction of sp³-hybridized carbons (Fsp3) is 0.375. The zero-order chi connectivity index (χ0) is 9.68. The van der Waals surface area contributed by atoms with Gasteiger partial charge in [0.15, 0.2) is 0 Å². The van der Waals surface area contributed by atoms with E-state index in [-0.39, 0.29) is 18.9 Å². The van der Waals surface area contributed by atoms with Crippen molar-refractivity contribution in [2.24, 2.45) is 0 Å². The van der Waals surface area contributed by atoms with Crippen molar-refractivity contribution in [2.45, 2.75) is 13.0 Å². The van der Waals surface area contributed by atoms with E-state index in [0.29, 0.717) is 5.69 Å². The van der Waals surface area contributed by atoms with Gasteiger partial charge in [0.2, 0.25) is 0 Å². The molecule has 1 rings (SSSR count). The van der Waals surface area contributed by atoms with E-state index in [2.05, 4.69) is 9.72 Å². The van der Waals surface area contributed by atoms with Crippen molar-refractivity contribution in [3.63, 3.8) is 0 Å². The van der Waals surface area contributed by atoms with E-state index in [1.165, 1.54) is 13.4 Å². The summed E-state index contributed by atoms with van der Waals surface area (Å²) in [6, 6.07) is 1.97. The number of carbonyl (C=O) groups excluding carboxylic acids is 1. The van der Waals surface area contributed by atoms with E-state index >= 15 is 0 Å². The summed E-state index contributed by atoms with van der Waals surface area (Å²) in [5, 5.41) is 8.37. The van der Waals surface area contributed by atoms with Gasteiger partial charge in [-0.3, -0.25) is 4.79 Å². The normalized spacial score (nSPS) is 9.23. The van der Waals surface area contributed by atoms with Crippen molar-refractivity contribution >= 4 is 5.97 Å². The Bertz CT molecular complexity index is 337. The lowest BCUT2D eigenvalue weighted by molar-refractivity contribution is -0.141. The van der Waals surface area contributed by atoms with Crippen LogP contribution < -0.4 is 0 Å². The van der Waals surface area contributed by atoms with Crippen LogP contribution in [0.4, 0.5) is 0 Å². The maximum atomic E-state index is 10.8. The molecule has 5 heteroatoms. The monoisotopic (exact) mass is 179 g/mol. The number of carbonyl (C=O) groups is 1. The van der Waals surface area contributed by atoms with Crippen LogP contribution in [-0.2, 0) is 22.5 Å². The quantitative estimate of drug-likeness (QED) is 0.618. The van der Waals surface area contributed by atoms with Gasteiger partial charge < -0.3 is 9.30 Å². The first-order valence-corrected chi connectivity index (χ1v) is 3.70. The number of rotatable bonds is 3. The molecule has 0 aliphatic carbocycles. The predicted octanol–water partition coefficient (Wildman–Crippen LogP) is 0.122. The van der Waals surface area contributed by atoms with Crippen molar-refractivity contribution in [1.29, 1.82) is 5.26 Å². The average molecular weight is 179 g/mol. The molecule has 68 valence electrons. The number of hydrogen-bond donors (Lipinski definition) is 0. The van der Waals surface area contributed by atoms with Gasteiger partial charge in [0.1, 0.15) is 6.54 Å². The van der Waals surface area contributed by atoms with Gasteiger partial charge in [-0.1, -0.05) is 0 Å². The van der Waals surface area contributed by atoms with Gasteiger partial charge >= 0.3 is 5.97 Å². The first-order chi connectivity index (χ1) is 6.26. The number of nitrogens with zero attached hydrogens (tertiary/aromatic N) is 3. The Labute approximate surface area is 75.6 Å². The zero-order valence-corrected chi connectivity index (χ0v) is 7.23.